The maximum atomic E-state index is 13.6. The highest BCUT2D eigenvalue weighted by atomic mass is 35.5. The largest absolute Gasteiger partial charge is 0.497 e. The first-order chi connectivity index (χ1) is 20.5. The number of piperazine rings is 1. The van der Waals surface area contributed by atoms with Crippen molar-refractivity contribution in [1.29, 1.82) is 0 Å². The van der Waals surface area contributed by atoms with Gasteiger partial charge in [-0.05, 0) is 85.6 Å². The van der Waals surface area contributed by atoms with Crippen molar-refractivity contribution in [2.45, 2.75) is 18.9 Å². The van der Waals surface area contributed by atoms with E-state index in [-0.39, 0.29) is 6.04 Å². The maximum absolute atomic E-state index is 13.6. The number of fused-ring (bicyclic) bond motifs is 3. The minimum Gasteiger partial charge on any atom is -0.497 e. The Kier molecular flexibility index (Phi) is 8.55. The van der Waals surface area contributed by atoms with E-state index in [1.54, 1.807) is 36.3 Å². The van der Waals surface area contributed by atoms with Gasteiger partial charge in [0, 0.05) is 60.9 Å². The number of carbonyl (C=O) groups excluding carboxylic acids is 1. The average molecular weight is 589 g/mol. The molecule has 0 radical (unpaired) electrons. The Hall–Kier alpha value is -3.72. The summed E-state index contributed by atoms with van der Waals surface area (Å²) in [5.74, 6) is 1.99. The van der Waals surface area contributed by atoms with E-state index in [2.05, 4.69) is 21.8 Å². The molecule has 0 aliphatic carbocycles. The molecule has 2 aliphatic rings. The molecule has 1 N–H and O–H groups in total. The number of carbonyl (C=O) groups is 1. The van der Waals surface area contributed by atoms with E-state index in [0.29, 0.717) is 36.1 Å². The fraction of sp³-hybridized carbons (Fsp3) is 0.364. The molecular weight excluding hydrogens is 552 g/mol. The highest BCUT2D eigenvalue weighted by Gasteiger charge is 2.35. The molecule has 2 aliphatic heterocycles. The van der Waals surface area contributed by atoms with E-state index in [4.69, 9.17) is 25.8 Å². The Balaban J connectivity index is 1.20. The van der Waals surface area contributed by atoms with Gasteiger partial charge in [0.25, 0.3) is 0 Å². The van der Waals surface area contributed by atoms with Crippen LogP contribution < -0.4 is 14.2 Å². The summed E-state index contributed by atoms with van der Waals surface area (Å²) in [5.41, 5.74) is 4.13. The third kappa shape index (κ3) is 6.21. The molecule has 0 saturated carbocycles. The number of methoxy groups -OCH3 is 1. The summed E-state index contributed by atoms with van der Waals surface area (Å²) in [4.78, 5) is 23.8. The number of nitrogens with one attached hydrogen (secondary N) is 1. The van der Waals surface area contributed by atoms with E-state index in [1.165, 1.54) is 5.56 Å². The minimum atomic E-state index is -0.406. The van der Waals surface area contributed by atoms with Crippen molar-refractivity contribution < 1.29 is 19.0 Å². The summed E-state index contributed by atoms with van der Waals surface area (Å²) >= 11 is 6.36. The minimum absolute atomic E-state index is 0.350. The van der Waals surface area contributed by atoms with Crippen LogP contribution in [0, 0.1) is 0 Å². The van der Waals surface area contributed by atoms with Crippen LogP contribution in [0.2, 0.25) is 5.02 Å². The molecular formula is C33H37ClN4O4. The summed E-state index contributed by atoms with van der Waals surface area (Å²) in [7, 11) is 3.78. The Morgan fingerprint density at radius 1 is 0.929 bits per heavy atom. The second-order valence-corrected chi connectivity index (χ2v) is 11.4. The zero-order valence-electron chi connectivity index (χ0n) is 24.1. The van der Waals surface area contributed by atoms with Crippen LogP contribution in [-0.4, -0.2) is 85.8 Å². The van der Waals surface area contributed by atoms with Gasteiger partial charge >= 0.3 is 6.09 Å². The summed E-state index contributed by atoms with van der Waals surface area (Å²) in [6.07, 6.45) is 1.27. The SMILES string of the molecule is COc1ccc(OC(=O)N2CCc3c([nH]c4ccc(Cl)cc34)C2c2ccc(OCCCN3CCN(C)CC3)cc2)cc1. The molecule has 1 saturated heterocycles. The average Bonchev–Trinajstić information content (AvgIpc) is 3.38. The van der Waals surface area contributed by atoms with Crippen molar-refractivity contribution in [3.63, 3.8) is 0 Å². The number of H-pyrrole nitrogens is 1. The third-order valence-corrected chi connectivity index (χ3v) is 8.50. The Morgan fingerprint density at radius 3 is 2.38 bits per heavy atom. The number of halogens is 1. The predicted molar refractivity (Wildman–Crippen MR) is 165 cm³/mol. The van der Waals surface area contributed by atoms with E-state index < -0.39 is 6.09 Å². The Bertz CT molecular complexity index is 1510. The summed E-state index contributed by atoms with van der Waals surface area (Å²) in [5, 5.41) is 1.78. The van der Waals surface area contributed by atoms with Crippen molar-refractivity contribution in [1.82, 2.24) is 19.7 Å². The zero-order valence-corrected chi connectivity index (χ0v) is 24.9. The van der Waals surface area contributed by atoms with Crippen molar-refractivity contribution in [2.75, 3.05) is 60.0 Å². The lowest BCUT2D eigenvalue weighted by Crippen LogP contribution is -2.44. The number of hydrogen-bond acceptors (Lipinski definition) is 6. The number of amides is 1. The van der Waals surface area contributed by atoms with Crippen LogP contribution >= 0.6 is 11.6 Å². The highest BCUT2D eigenvalue weighted by Crippen LogP contribution is 2.40. The lowest BCUT2D eigenvalue weighted by atomic mass is 9.92. The van der Waals surface area contributed by atoms with Crippen LogP contribution in [0.3, 0.4) is 0 Å². The lowest BCUT2D eigenvalue weighted by molar-refractivity contribution is 0.135. The van der Waals surface area contributed by atoms with Gasteiger partial charge in [0.2, 0.25) is 0 Å². The first kappa shape index (κ1) is 28.4. The smallest absolute Gasteiger partial charge is 0.416 e. The first-order valence-corrected chi connectivity index (χ1v) is 14.9. The number of hydrogen-bond donors (Lipinski definition) is 1. The standard InChI is InChI=1S/C33H37ClN4O4/c1-36-17-19-37(20-18-36)15-3-21-41-26-7-4-23(5-8-26)32-31-28(29-22-24(34)6-13-30(29)35-31)14-16-38(32)33(39)42-27-11-9-25(40-2)10-12-27/h4-13,22,32,35H,3,14-21H2,1-2H3. The zero-order chi connectivity index (χ0) is 29.1. The van der Waals surface area contributed by atoms with Crippen molar-refractivity contribution in [2.24, 2.45) is 0 Å². The van der Waals surface area contributed by atoms with Crippen LogP contribution in [0.1, 0.15) is 29.3 Å². The molecule has 3 aromatic carbocycles. The van der Waals surface area contributed by atoms with Gasteiger partial charge in [-0.3, -0.25) is 4.90 Å². The molecule has 1 amide bonds. The lowest BCUT2D eigenvalue weighted by Gasteiger charge is -2.35. The van der Waals surface area contributed by atoms with E-state index >= 15 is 0 Å². The van der Waals surface area contributed by atoms with Gasteiger partial charge in [-0.2, -0.15) is 0 Å². The number of nitrogens with zero attached hydrogens (tertiary/aromatic N) is 3. The van der Waals surface area contributed by atoms with Gasteiger partial charge in [-0.25, -0.2) is 4.79 Å². The molecule has 1 atom stereocenters. The van der Waals surface area contributed by atoms with Crippen molar-refractivity contribution in [3.05, 3.63) is 88.6 Å². The van der Waals surface area contributed by atoms with Crippen LogP contribution in [0.4, 0.5) is 4.79 Å². The maximum Gasteiger partial charge on any atom is 0.416 e. The molecule has 4 aromatic rings. The molecule has 1 aromatic heterocycles. The number of aromatic nitrogens is 1. The Labute approximate surface area is 251 Å². The predicted octanol–water partition coefficient (Wildman–Crippen LogP) is 5.99. The van der Waals surface area contributed by atoms with E-state index in [1.807, 2.05) is 42.5 Å². The van der Waals surface area contributed by atoms with E-state index in [0.717, 1.165) is 67.1 Å². The fourth-order valence-corrected chi connectivity index (χ4v) is 6.08. The van der Waals surface area contributed by atoms with Gasteiger partial charge in [0.1, 0.15) is 23.3 Å². The van der Waals surface area contributed by atoms with Crippen LogP contribution in [0.25, 0.3) is 10.9 Å². The molecule has 220 valence electrons. The molecule has 8 nitrogen and oxygen atoms in total. The fourth-order valence-electron chi connectivity index (χ4n) is 5.90. The second-order valence-electron chi connectivity index (χ2n) is 11.0. The molecule has 0 spiro atoms. The number of likely N-dealkylation sites (N-methyl/N-ethyl adjacent to an activating group) is 1. The van der Waals surface area contributed by atoms with Gasteiger partial charge in [0.05, 0.1) is 13.7 Å². The number of ether oxygens (including phenoxy) is 3. The van der Waals surface area contributed by atoms with Gasteiger partial charge < -0.3 is 29.0 Å². The van der Waals surface area contributed by atoms with Crippen LogP contribution in [0.15, 0.2) is 66.7 Å². The quantitative estimate of drug-likeness (QED) is 0.255. The van der Waals surface area contributed by atoms with Gasteiger partial charge in [-0.1, -0.05) is 23.7 Å². The number of rotatable bonds is 8. The summed E-state index contributed by atoms with van der Waals surface area (Å²) < 4.78 is 17.1. The molecule has 6 rings (SSSR count). The highest BCUT2D eigenvalue weighted by molar-refractivity contribution is 6.31. The summed E-state index contributed by atoms with van der Waals surface area (Å²) in [6, 6.07) is 20.6. The second kappa shape index (κ2) is 12.7. The topological polar surface area (TPSA) is 70.3 Å². The molecule has 9 heteroatoms. The molecule has 1 unspecified atom stereocenters. The normalized spacial score (nSPS) is 17.7. The van der Waals surface area contributed by atoms with Gasteiger partial charge in [0.15, 0.2) is 0 Å². The van der Waals surface area contributed by atoms with Crippen molar-refractivity contribution in [3.8, 4) is 17.2 Å². The van der Waals surface area contributed by atoms with Crippen LogP contribution in [0.5, 0.6) is 17.2 Å². The molecule has 42 heavy (non-hydrogen) atoms. The number of benzene rings is 3. The molecule has 3 heterocycles. The Morgan fingerprint density at radius 2 is 1.64 bits per heavy atom. The van der Waals surface area contributed by atoms with Gasteiger partial charge in [-0.15, -0.1) is 0 Å². The monoisotopic (exact) mass is 588 g/mol. The molecule has 0 bridgehead atoms. The molecule has 1 fully saturated rings. The van der Waals surface area contributed by atoms with E-state index in [9.17, 15) is 4.79 Å². The third-order valence-electron chi connectivity index (χ3n) is 8.27. The summed E-state index contributed by atoms with van der Waals surface area (Å²) in [6.45, 7) is 6.71. The van der Waals surface area contributed by atoms with Crippen molar-refractivity contribution >= 4 is 28.6 Å². The first-order valence-electron chi connectivity index (χ1n) is 14.5. The number of aromatic amines is 1. The van der Waals surface area contributed by atoms with Crippen LogP contribution in [-0.2, 0) is 6.42 Å².